The van der Waals surface area contributed by atoms with Crippen LogP contribution in [0.15, 0.2) is 48.5 Å². The Hall–Kier alpha value is -2.09. The molecule has 0 radical (unpaired) electrons. The highest BCUT2D eigenvalue weighted by atomic mass is 14.7. The number of rotatable bonds is 4. The molecule has 0 saturated carbocycles. The molecule has 0 aliphatic rings. The van der Waals surface area contributed by atoms with E-state index < -0.39 is 0 Å². The summed E-state index contributed by atoms with van der Waals surface area (Å²) in [5.41, 5.74) is 9.90. The van der Waals surface area contributed by atoms with Gasteiger partial charge in [0, 0.05) is 5.56 Å². The van der Waals surface area contributed by atoms with E-state index in [0.717, 1.165) is 23.1 Å². The minimum atomic E-state index is 0.113. The van der Waals surface area contributed by atoms with Crippen LogP contribution in [0.5, 0.6) is 0 Å². The van der Waals surface area contributed by atoms with Gasteiger partial charge in [-0.15, -0.1) is 0 Å². The van der Waals surface area contributed by atoms with Gasteiger partial charge in [0.2, 0.25) is 0 Å². The summed E-state index contributed by atoms with van der Waals surface area (Å²) in [6.45, 7) is 4.44. The van der Waals surface area contributed by atoms with E-state index in [-0.39, 0.29) is 5.84 Å². The number of nitrogen functional groups attached to an aromatic ring is 1. The Balaban J connectivity index is 2.35. The van der Waals surface area contributed by atoms with Crippen LogP contribution in [0.3, 0.4) is 0 Å². The molecule has 0 fully saturated rings. The summed E-state index contributed by atoms with van der Waals surface area (Å²) >= 11 is 0. The highest BCUT2D eigenvalue weighted by Crippen LogP contribution is 2.24. The molecule has 0 spiro atoms. The average Bonchev–Trinajstić information content (AvgIpc) is 2.39. The van der Waals surface area contributed by atoms with Crippen molar-refractivity contribution < 1.29 is 0 Å². The van der Waals surface area contributed by atoms with Crippen LogP contribution in [0.1, 0.15) is 25.0 Å². The Labute approximate surface area is 114 Å². The van der Waals surface area contributed by atoms with E-state index in [1.54, 1.807) is 0 Å². The molecule has 0 aromatic heterocycles. The Morgan fingerprint density at radius 2 is 1.68 bits per heavy atom. The first-order valence-electron chi connectivity index (χ1n) is 6.60. The van der Waals surface area contributed by atoms with Crippen molar-refractivity contribution in [2.45, 2.75) is 20.3 Å². The fourth-order valence-electron chi connectivity index (χ4n) is 2.26. The lowest BCUT2D eigenvalue weighted by molar-refractivity contribution is 0.647. The van der Waals surface area contributed by atoms with E-state index in [9.17, 15) is 0 Å². The third kappa shape index (κ3) is 3.22. The van der Waals surface area contributed by atoms with Gasteiger partial charge in [0.05, 0.1) is 0 Å². The minimum absolute atomic E-state index is 0.113. The second-order valence-corrected chi connectivity index (χ2v) is 5.25. The maximum Gasteiger partial charge on any atom is 0.123 e. The number of amidine groups is 1. The zero-order chi connectivity index (χ0) is 13.8. The van der Waals surface area contributed by atoms with Crippen LogP contribution in [0.25, 0.3) is 11.1 Å². The first kappa shape index (κ1) is 13.3. The predicted octanol–water partition coefficient (Wildman–Crippen LogP) is 3.84. The Kier molecular flexibility index (Phi) is 4.00. The van der Waals surface area contributed by atoms with Crippen LogP contribution in [0.2, 0.25) is 0 Å². The quantitative estimate of drug-likeness (QED) is 0.630. The molecule has 0 bridgehead atoms. The van der Waals surface area contributed by atoms with Crippen LogP contribution in [0, 0.1) is 11.3 Å². The van der Waals surface area contributed by atoms with E-state index in [0.29, 0.717) is 5.92 Å². The predicted molar refractivity (Wildman–Crippen MR) is 81.4 cm³/mol. The lowest BCUT2D eigenvalue weighted by Gasteiger charge is -2.10. The van der Waals surface area contributed by atoms with E-state index in [1.165, 1.54) is 5.56 Å². The first-order chi connectivity index (χ1) is 9.08. The topological polar surface area (TPSA) is 49.9 Å². The zero-order valence-electron chi connectivity index (χ0n) is 11.5. The SMILES string of the molecule is CC(C)Cc1ccc(-c2ccccc2C(=N)N)cc1. The lowest BCUT2D eigenvalue weighted by Crippen LogP contribution is -2.12. The van der Waals surface area contributed by atoms with Gasteiger partial charge in [0.15, 0.2) is 0 Å². The van der Waals surface area contributed by atoms with Crippen molar-refractivity contribution in [2.24, 2.45) is 11.7 Å². The van der Waals surface area contributed by atoms with Gasteiger partial charge in [0.1, 0.15) is 5.84 Å². The molecule has 2 heteroatoms. The first-order valence-corrected chi connectivity index (χ1v) is 6.60. The summed E-state index contributed by atoms with van der Waals surface area (Å²) in [5, 5.41) is 7.64. The van der Waals surface area contributed by atoms with Crippen LogP contribution in [0.4, 0.5) is 0 Å². The molecule has 0 atom stereocenters. The molecular weight excluding hydrogens is 232 g/mol. The van der Waals surface area contributed by atoms with Gasteiger partial charge in [-0.3, -0.25) is 5.41 Å². The fourth-order valence-corrected chi connectivity index (χ4v) is 2.26. The van der Waals surface area contributed by atoms with Gasteiger partial charge >= 0.3 is 0 Å². The van der Waals surface area contributed by atoms with Gasteiger partial charge in [0.25, 0.3) is 0 Å². The molecule has 0 unspecified atom stereocenters. The van der Waals surface area contributed by atoms with Crippen LogP contribution in [-0.4, -0.2) is 5.84 Å². The lowest BCUT2D eigenvalue weighted by atomic mass is 9.96. The highest BCUT2D eigenvalue weighted by molar-refractivity contribution is 6.01. The number of nitrogens with one attached hydrogen (secondary N) is 1. The highest BCUT2D eigenvalue weighted by Gasteiger charge is 2.07. The van der Waals surface area contributed by atoms with E-state index in [4.69, 9.17) is 11.1 Å². The third-order valence-corrected chi connectivity index (χ3v) is 3.13. The summed E-state index contributed by atoms with van der Waals surface area (Å²) < 4.78 is 0. The maximum absolute atomic E-state index is 7.64. The van der Waals surface area contributed by atoms with E-state index in [2.05, 4.69) is 38.1 Å². The van der Waals surface area contributed by atoms with Crippen LogP contribution < -0.4 is 5.73 Å². The summed E-state index contributed by atoms with van der Waals surface area (Å²) in [7, 11) is 0. The van der Waals surface area contributed by atoms with Gasteiger partial charge in [-0.2, -0.15) is 0 Å². The largest absolute Gasteiger partial charge is 0.384 e. The molecule has 19 heavy (non-hydrogen) atoms. The maximum atomic E-state index is 7.64. The Bertz CT molecular complexity index is 568. The standard InChI is InChI=1S/C17H20N2/c1-12(2)11-13-7-9-14(10-8-13)15-5-3-4-6-16(15)17(18)19/h3-10,12H,11H2,1-2H3,(H3,18,19). The van der Waals surface area contributed by atoms with Gasteiger partial charge in [-0.25, -0.2) is 0 Å². The normalized spacial score (nSPS) is 10.7. The molecule has 0 aliphatic heterocycles. The molecule has 0 aliphatic carbocycles. The van der Waals surface area contributed by atoms with Gasteiger partial charge in [-0.1, -0.05) is 62.4 Å². The molecule has 98 valence electrons. The molecule has 2 aromatic rings. The molecule has 0 heterocycles. The molecule has 0 saturated heterocycles. The Morgan fingerprint density at radius 3 is 2.26 bits per heavy atom. The molecule has 0 amide bonds. The second-order valence-electron chi connectivity index (χ2n) is 5.25. The van der Waals surface area contributed by atoms with E-state index in [1.807, 2.05) is 24.3 Å². The van der Waals surface area contributed by atoms with E-state index >= 15 is 0 Å². The van der Waals surface area contributed by atoms with Crippen molar-refractivity contribution in [3.63, 3.8) is 0 Å². The number of hydrogen-bond donors (Lipinski definition) is 2. The van der Waals surface area contributed by atoms with Crippen LogP contribution in [-0.2, 0) is 6.42 Å². The monoisotopic (exact) mass is 252 g/mol. The molecule has 3 N–H and O–H groups in total. The van der Waals surface area contributed by atoms with Crippen molar-refractivity contribution >= 4 is 5.84 Å². The summed E-state index contributed by atoms with van der Waals surface area (Å²) in [6, 6.07) is 16.3. The van der Waals surface area contributed by atoms with Crippen LogP contribution >= 0.6 is 0 Å². The molecule has 2 nitrogen and oxygen atoms in total. The summed E-state index contributed by atoms with van der Waals surface area (Å²) in [6.07, 6.45) is 1.09. The van der Waals surface area contributed by atoms with Gasteiger partial charge in [-0.05, 0) is 29.0 Å². The molecular formula is C17H20N2. The number of hydrogen-bond acceptors (Lipinski definition) is 1. The van der Waals surface area contributed by atoms with Crippen molar-refractivity contribution in [1.82, 2.24) is 0 Å². The van der Waals surface area contributed by atoms with Crippen molar-refractivity contribution in [3.05, 3.63) is 59.7 Å². The average molecular weight is 252 g/mol. The van der Waals surface area contributed by atoms with Crippen molar-refractivity contribution in [1.29, 1.82) is 5.41 Å². The van der Waals surface area contributed by atoms with Crippen molar-refractivity contribution in [2.75, 3.05) is 0 Å². The second kappa shape index (κ2) is 5.70. The minimum Gasteiger partial charge on any atom is -0.384 e. The van der Waals surface area contributed by atoms with Crippen molar-refractivity contribution in [3.8, 4) is 11.1 Å². The number of nitrogens with two attached hydrogens (primary N) is 1. The van der Waals surface area contributed by atoms with Gasteiger partial charge < -0.3 is 5.73 Å². The summed E-state index contributed by atoms with van der Waals surface area (Å²) in [5.74, 6) is 0.775. The molecule has 2 rings (SSSR count). The smallest absolute Gasteiger partial charge is 0.123 e. The third-order valence-electron chi connectivity index (χ3n) is 3.13. The number of benzene rings is 2. The molecule has 2 aromatic carbocycles. The fraction of sp³-hybridized carbons (Fsp3) is 0.235. The zero-order valence-corrected chi connectivity index (χ0v) is 11.5. The summed E-state index contributed by atoms with van der Waals surface area (Å²) in [4.78, 5) is 0. The Morgan fingerprint density at radius 1 is 1.05 bits per heavy atom.